The SMILES string of the molecule is O=PO.O=PO.[CH2-]CO.[Ca+2].[Na+].[Na+]. The van der Waals surface area contributed by atoms with Crippen LogP contribution in [0.3, 0.4) is 0 Å². The summed E-state index contributed by atoms with van der Waals surface area (Å²) in [6, 6.07) is 0. The van der Waals surface area contributed by atoms with Gasteiger partial charge < -0.3 is 21.8 Å². The largest absolute Gasteiger partial charge is 2.00 e. The predicted octanol–water partition coefficient (Wildman–Crippen LogP) is -6.19. The van der Waals surface area contributed by atoms with Gasteiger partial charge in [0.1, 0.15) is 0 Å². The van der Waals surface area contributed by atoms with Crippen LogP contribution in [0.4, 0.5) is 0 Å². The van der Waals surface area contributed by atoms with Gasteiger partial charge in [-0.15, -0.1) is 0 Å². The van der Waals surface area contributed by atoms with E-state index in [2.05, 4.69) is 6.92 Å². The quantitative estimate of drug-likeness (QED) is 0.228. The molecule has 0 amide bonds. The summed E-state index contributed by atoms with van der Waals surface area (Å²) in [4.78, 5) is 14.0. The van der Waals surface area contributed by atoms with Crippen LogP contribution in [0.15, 0.2) is 0 Å². The van der Waals surface area contributed by atoms with Crippen LogP contribution in [-0.2, 0) is 9.13 Å². The fourth-order valence-electron chi connectivity index (χ4n) is 0. The van der Waals surface area contributed by atoms with Crippen molar-refractivity contribution in [2.75, 3.05) is 6.61 Å². The third-order valence-electron chi connectivity index (χ3n) is 0. The number of hydrogen-bond acceptors (Lipinski definition) is 3. The maximum Gasteiger partial charge on any atom is 2.00 e. The Morgan fingerprint density at radius 3 is 1.08 bits per heavy atom. The van der Waals surface area contributed by atoms with Crippen molar-refractivity contribution >= 4 is 55.1 Å². The van der Waals surface area contributed by atoms with Gasteiger partial charge in [-0.25, -0.2) is 9.13 Å². The van der Waals surface area contributed by atoms with Crippen molar-refractivity contribution in [3.8, 4) is 0 Å². The van der Waals surface area contributed by atoms with Crippen molar-refractivity contribution < 1.29 is 83.1 Å². The summed E-state index contributed by atoms with van der Waals surface area (Å²) in [6.07, 6.45) is 0. The maximum atomic E-state index is 8.46. The van der Waals surface area contributed by atoms with Crippen LogP contribution < -0.4 is 59.1 Å². The summed E-state index contributed by atoms with van der Waals surface area (Å²) in [5.74, 6) is 0. The summed E-state index contributed by atoms with van der Waals surface area (Å²) in [7, 11) is -1.67. The Morgan fingerprint density at radius 1 is 1.08 bits per heavy atom. The van der Waals surface area contributed by atoms with Crippen molar-refractivity contribution in [3.05, 3.63) is 6.92 Å². The molecule has 56 valence electrons. The molecular weight excluding hydrogens is 252 g/mol. The van der Waals surface area contributed by atoms with E-state index >= 15 is 0 Å². The van der Waals surface area contributed by atoms with Gasteiger partial charge in [0.25, 0.3) is 0 Å². The van der Waals surface area contributed by atoms with E-state index in [0.29, 0.717) is 0 Å². The van der Waals surface area contributed by atoms with Crippen LogP contribution in [0.25, 0.3) is 0 Å². The van der Waals surface area contributed by atoms with E-state index in [1.54, 1.807) is 0 Å². The van der Waals surface area contributed by atoms with Crippen LogP contribution in [0.1, 0.15) is 0 Å². The second kappa shape index (κ2) is 63.5. The minimum absolute atomic E-state index is 0. The zero-order valence-electron chi connectivity index (χ0n) is 7.17. The molecule has 0 aromatic heterocycles. The van der Waals surface area contributed by atoms with E-state index in [0.717, 1.165) is 0 Å². The van der Waals surface area contributed by atoms with Crippen molar-refractivity contribution in [3.63, 3.8) is 0 Å². The molecule has 0 rings (SSSR count). The topological polar surface area (TPSA) is 94.8 Å². The first kappa shape index (κ1) is 36.2. The summed E-state index contributed by atoms with van der Waals surface area (Å²) in [6.45, 7) is 3.04. The molecule has 0 heterocycles. The maximum absolute atomic E-state index is 8.46. The molecule has 0 aromatic rings. The number of rotatable bonds is 0. The van der Waals surface area contributed by atoms with Crippen molar-refractivity contribution in [1.29, 1.82) is 0 Å². The Labute approximate surface area is 149 Å². The molecule has 0 radical (unpaired) electrons. The molecule has 5 nitrogen and oxygen atoms in total. The first-order valence-electron chi connectivity index (χ1n) is 1.58. The zero-order chi connectivity index (χ0) is 8.12. The Morgan fingerprint density at radius 2 is 1.08 bits per heavy atom. The summed E-state index contributed by atoms with van der Waals surface area (Å²) >= 11 is 0. The minimum Gasteiger partial charge on any atom is -0.428 e. The Balaban J connectivity index is -0.00000001000. The van der Waals surface area contributed by atoms with Gasteiger partial charge in [0, 0.05) is 0 Å². The van der Waals surface area contributed by atoms with Gasteiger partial charge in [0.2, 0.25) is 0 Å². The summed E-state index contributed by atoms with van der Waals surface area (Å²) < 4.78 is 16.9. The van der Waals surface area contributed by atoms with E-state index in [1.165, 1.54) is 0 Å². The Hall–Kier alpha value is 3.34. The van der Waals surface area contributed by atoms with Crippen LogP contribution in [-0.4, -0.2) is 59.2 Å². The molecule has 0 saturated heterocycles. The zero-order valence-corrected chi connectivity index (χ0v) is 15.2. The predicted molar refractivity (Wildman–Crippen MR) is 37.8 cm³/mol. The number of hydrogen-bond donors (Lipinski definition) is 3. The van der Waals surface area contributed by atoms with Crippen molar-refractivity contribution in [1.82, 2.24) is 0 Å². The fourth-order valence-corrected chi connectivity index (χ4v) is 0. The van der Waals surface area contributed by atoms with Crippen LogP contribution in [0.5, 0.6) is 0 Å². The van der Waals surface area contributed by atoms with Crippen LogP contribution in [0.2, 0.25) is 0 Å². The number of aliphatic hydroxyl groups is 1. The van der Waals surface area contributed by atoms with E-state index in [1.807, 2.05) is 0 Å². The van der Waals surface area contributed by atoms with E-state index in [9.17, 15) is 0 Å². The molecule has 0 fully saturated rings. The molecule has 0 aliphatic heterocycles. The van der Waals surface area contributed by atoms with Crippen LogP contribution in [0, 0.1) is 6.92 Å². The third-order valence-corrected chi connectivity index (χ3v) is 0. The van der Waals surface area contributed by atoms with Gasteiger partial charge in [0.05, 0.1) is 0 Å². The first-order chi connectivity index (χ1) is 4.24. The second-order valence-electron chi connectivity index (χ2n) is 0.387. The Kier molecular flexibility index (Phi) is 191. The minimum atomic E-state index is -0.833. The molecule has 12 heavy (non-hydrogen) atoms. The van der Waals surface area contributed by atoms with Gasteiger partial charge >= 0.3 is 114 Å². The molecule has 0 saturated carbocycles. The molecule has 0 aromatic carbocycles. The molecule has 0 unspecified atom stereocenters. The van der Waals surface area contributed by atoms with Gasteiger partial charge in [0.15, 0.2) is 0 Å². The van der Waals surface area contributed by atoms with Crippen molar-refractivity contribution in [2.24, 2.45) is 0 Å². The summed E-state index contributed by atoms with van der Waals surface area (Å²) in [5, 5.41) is 7.46. The smallest absolute Gasteiger partial charge is 0.428 e. The molecule has 0 aliphatic carbocycles. The molecule has 0 atom stereocenters. The molecular formula is C2H7CaNa2O5P2+3. The third kappa shape index (κ3) is 182. The van der Waals surface area contributed by atoms with Gasteiger partial charge in [-0.2, -0.15) is 0 Å². The molecule has 0 spiro atoms. The van der Waals surface area contributed by atoms with Gasteiger partial charge in [-0.05, 0) is 0 Å². The average Bonchev–Trinajstić information content (AvgIpc) is 1.70. The Bertz CT molecular complexity index is 54.7. The second-order valence-corrected chi connectivity index (χ2v) is 0.714. The molecule has 3 N–H and O–H groups in total. The molecule has 0 aliphatic rings. The number of aliphatic hydroxyl groups excluding tert-OH is 1. The van der Waals surface area contributed by atoms with Gasteiger partial charge in [-0.3, -0.25) is 0 Å². The molecule has 0 bridgehead atoms. The average molecular weight is 259 g/mol. The summed E-state index contributed by atoms with van der Waals surface area (Å²) in [5.41, 5.74) is 0. The van der Waals surface area contributed by atoms with Crippen LogP contribution >= 0.6 is 17.4 Å². The van der Waals surface area contributed by atoms with Gasteiger partial charge in [-0.1, -0.05) is 6.61 Å². The van der Waals surface area contributed by atoms with Crippen molar-refractivity contribution in [2.45, 2.75) is 0 Å². The fraction of sp³-hybridized carbons (Fsp3) is 0.500. The first-order valence-corrected chi connectivity index (χ1v) is 3.11. The van der Waals surface area contributed by atoms with E-state index in [4.69, 9.17) is 24.0 Å². The normalized spacial score (nSPS) is 5.00. The van der Waals surface area contributed by atoms with E-state index < -0.39 is 17.4 Å². The molecule has 10 heteroatoms. The monoisotopic (exact) mass is 259 g/mol. The van der Waals surface area contributed by atoms with E-state index in [-0.39, 0.29) is 103 Å². The standard InChI is InChI=1S/C2H5O.Ca.2Na.2HO2P/c1-2-3;;;;2*1-3-2/h3H,1-2H2;;;;2*(H,1,2)/q-1;+2;2*+1;;.